The summed E-state index contributed by atoms with van der Waals surface area (Å²) in [6.07, 6.45) is 3.85. The number of alkyl carbamates (subject to hydrolysis) is 1. The summed E-state index contributed by atoms with van der Waals surface area (Å²) >= 11 is 0. The monoisotopic (exact) mass is 805 g/mol. The molecule has 0 unspecified atom stereocenters. The molecule has 3 fully saturated rings. The van der Waals surface area contributed by atoms with Crippen LogP contribution in [0.1, 0.15) is 59.3 Å². The molecule has 17 heteroatoms. The Bertz CT molecular complexity index is 2430. The van der Waals surface area contributed by atoms with Gasteiger partial charge in [-0.15, -0.1) is 0 Å². The summed E-state index contributed by atoms with van der Waals surface area (Å²) in [5.74, 6) is -3.16. The third-order valence-electron chi connectivity index (χ3n) is 10.6. The molecule has 0 spiro atoms. The number of pyridine rings is 1. The fourth-order valence-electron chi connectivity index (χ4n) is 7.54. The lowest BCUT2D eigenvalue weighted by Crippen LogP contribution is -2.59. The highest BCUT2D eigenvalue weighted by atomic mass is 32.2. The van der Waals surface area contributed by atoms with Gasteiger partial charge in [0.1, 0.15) is 46.2 Å². The molecule has 1 saturated heterocycles. The number of nitrogens with zero attached hydrogens (tertiary/aromatic N) is 2. The average Bonchev–Trinajstić information content (AvgIpc) is 4.05. The molecule has 2 aromatic heterocycles. The maximum absolute atomic E-state index is 14.8. The third-order valence-corrected chi connectivity index (χ3v) is 12.4. The molecule has 2 aliphatic carbocycles. The number of allylic oxidation sites excluding steroid dienone is 1. The van der Waals surface area contributed by atoms with E-state index in [0.717, 1.165) is 0 Å². The van der Waals surface area contributed by atoms with Gasteiger partial charge in [0, 0.05) is 29.7 Å². The van der Waals surface area contributed by atoms with Crippen molar-refractivity contribution in [2.45, 2.75) is 93.9 Å². The number of carbonyl (C=O) groups is 4. The number of hydrogen-bond donors (Lipinski definition) is 3. The van der Waals surface area contributed by atoms with Crippen LogP contribution >= 0.6 is 0 Å². The van der Waals surface area contributed by atoms with Gasteiger partial charge in [0.2, 0.25) is 21.8 Å². The number of amides is 4. The molecule has 4 amide bonds. The van der Waals surface area contributed by atoms with E-state index < -0.39 is 80.2 Å². The van der Waals surface area contributed by atoms with Crippen LogP contribution in [0.2, 0.25) is 0 Å². The summed E-state index contributed by atoms with van der Waals surface area (Å²) in [4.78, 5) is 61.9. The number of furan rings is 1. The van der Waals surface area contributed by atoms with Crippen LogP contribution in [0.5, 0.6) is 5.75 Å². The van der Waals surface area contributed by atoms with Crippen LogP contribution in [-0.4, -0.2) is 96.5 Å². The molecule has 2 aliphatic heterocycles. The predicted molar refractivity (Wildman–Crippen MR) is 205 cm³/mol. The van der Waals surface area contributed by atoms with Crippen molar-refractivity contribution in [3.05, 3.63) is 60.4 Å². The van der Waals surface area contributed by atoms with Crippen molar-refractivity contribution >= 4 is 66.8 Å². The Labute approximate surface area is 327 Å². The van der Waals surface area contributed by atoms with Crippen molar-refractivity contribution in [3.63, 3.8) is 0 Å². The lowest BCUT2D eigenvalue weighted by molar-refractivity contribution is -0.142. The van der Waals surface area contributed by atoms with Crippen molar-refractivity contribution in [3.8, 4) is 5.75 Å². The second-order valence-corrected chi connectivity index (χ2v) is 18.1. The Morgan fingerprint density at radius 2 is 1.89 bits per heavy atom. The SMILES string of the molecule is CC(C)(C)OC(=O)N[C@@H]1COCCC/C=C\[C@@H]2C[C@@]2(C(=O)NS(=O)(=O)C2CC2)NC(=O)[C@@H]2C[C@H](Oc3c4cc(F)ccc4nc4c3oc3ccccc34)CN2C1=O. The minimum absolute atomic E-state index is 0.100. The van der Waals surface area contributed by atoms with E-state index in [9.17, 15) is 32.0 Å². The van der Waals surface area contributed by atoms with Crippen LogP contribution in [-0.2, 0) is 33.9 Å². The zero-order chi connectivity index (χ0) is 40.3. The quantitative estimate of drug-likeness (QED) is 0.234. The summed E-state index contributed by atoms with van der Waals surface area (Å²) < 4.78 is 66.9. The second-order valence-electron chi connectivity index (χ2n) is 16.2. The smallest absolute Gasteiger partial charge is 0.408 e. The molecule has 0 bridgehead atoms. The molecule has 4 aliphatic rings. The number of carbonyl (C=O) groups excluding carboxylic acids is 4. The average molecular weight is 806 g/mol. The molecule has 2 saturated carbocycles. The van der Waals surface area contributed by atoms with Crippen LogP contribution in [0.3, 0.4) is 0 Å². The lowest BCUT2D eigenvalue weighted by atomic mass is 10.1. The van der Waals surface area contributed by atoms with Crippen molar-refractivity contribution in [2.24, 2.45) is 5.92 Å². The zero-order valence-corrected chi connectivity index (χ0v) is 32.5. The first kappa shape index (κ1) is 38.6. The zero-order valence-electron chi connectivity index (χ0n) is 31.7. The van der Waals surface area contributed by atoms with Gasteiger partial charge in [0.15, 0.2) is 11.3 Å². The molecule has 4 aromatic rings. The highest BCUT2D eigenvalue weighted by Crippen LogP contribution is 2.46. The molecule has 302 valence electrons. The summed E-state index contributed by atoms with van der Waals surface area (Å²) in [6, 6.07) is 8.77. The Morgan fingerprint density at radius 1 is 1.11 bits per heavy atom. The number of aromatic nitrogens is 1. The molecular formula is C40H44FN5O10S. The van der Waals surface area contributed by atoms with Gasteiger partial charge in [-0.2, -0.15) is 0 Å². The summed E-state index contributed by atoms with van der Waals surface area (Å²) in [7, 11) is -3.95. The minimum Gasteiger partial charge on any atom is -0.484 e. The highest BCUT2D eigenvalue weighted by molar-refractivity contribution is 7.91. The first-order valence-electron chi connectivity index (χ1n) is 19.1. The fourth-order valence-corrected chi connectivity index (χ4v) is 8.91. The summed E-state index contributed by atoms with van der Waals surface area (Å²) in [5, 5.41) is 5.77. The van der Waals surface area contributed by atoms with E-state index in [1.165, 1.54) is 23.1 Å². The van der Waals surface area contributed by atoms with Crippen LogP contribution < -0.4 is 20.1 Å². The maximum Gasteiger partial charge on any atom is 0.408 e. The number of halogens is 1. The Hall–Kier alpha value is -5.29. The number of fused-ring (bicyclic) bond motifs is 6. The lowest BCUT2D eigenvalue weighted by Gasteiger charge is -2.30. The molecule has 4 heterocycles. The summed E-state index contributed by atoms with van der Waals surface area (Å²) in [5.41, 5.74) is -0.812. The van der Waals surface area contributed by atoms with Gasteiger partial charge in [-0.05, 0) is 83.2 Å². The molecule has 2 aromatic carbocycles. The van der Waals surface area contributed by atoms with Gasteiger partial charge in [0.25, 0.3) is 5.91 Å². The van der Waals surface area contributed by atoms with E-state index in [4.69, 9.17) is 23.6 Å². The van der Waals surface area contributed by atoms with Crippen molar-refractivity contribution in [1.82, 2.24) is 25.2 Å². The maximum atomic E-state index is 14.8. The van der Waals surface area contributed by atoms with Gasteiger partial charge in [-0.3, -0.25) is 19.1 Å². The van der Waals surface area contributed by atoms with Gasteiger partial charge in [-0.25, -0.2) is 22.6 Å². The number of nitrogens with one attached hydrogen (secondary N) is 3. The van der Waals surface area contributed by atoms with E-state index in [1.54, 1.807) is 39.0 Å². The molecular weight excluding hydrogens is 762 g/mol. The van der Waals surface area contributed by atoms with Crippen molar-refractivity contribution in [2.75, 3.05) is 19.8 Å². The van der Waals surface area contributed by atoms with E-state index in [0.29, 0.717) is 53.1 Å². The van der Waals surface area contributed by atoms with Crippen LogP contribution in [0.15, 0.2) is 59.0 Å². The predicted octanol–water partition coefficient (Wildman–Crippen LogP) is 4.36. The normalized spacial score (nSPS) is 26.5. The third kappa shape index (κ3) is 7.86. The molecule has 3 N–H and O–H groups in total. The first-order chi connectivity index (χ1) is 27.1. The minimum atomic E-state index is -3.95. The van der Waals surface area contributed by atoms with Crippen LogP contribution in [0.4, 0.5) is 9.18 Å². The number of rotatable bonds is 6. The number of ether oxygens (including phenoxy) is 3. The molecule has 5 atom stereocenters. The van der Waals surface area contributed by atoms with Crippen molar-refractivity contribution < 1.29 is 50.6 Å². The van der Waals surface area contributed by atoms with Gasteiger partial charge in [0.05, 0.1) is 23.9 Å². The fraction of sp³-hybridized carbons (Fsp3) is 0.475. The molecule has 15 nitrogen and oxygen atoms in total. The van der Waals surface area contributed by atoms with E-state index in [-0.39, 0.29) is 43.9 Å². The second kappa shape index (κ2) is 14.6. The van der Waals surface area contributed by atoms with Crippen molar-refractivity contribution in [1.29, 1.82) is 0 Å². The number of para-hydroxylation sites is 1. The van der Waals surface area contributed by atoms with Gasteiger partial charge < -0.3 is 34.2 Å². The standard InChI is InChI=1S/C40H44FN5O10S/c1-39(2,3)56-38(50)43-29-21-53-16-8-4-5-9-22-19-40(22,37(49)45-57(51,52)25-13-14-25)44-35(47)30-18-24(20-46(30)36(29)48)54-33-27-17-23(41)12-15-28(27)42-32-26-10-6-7-11-31(26)55-34(32)33/h5-7,9-12,15,17,22,24-25,29-30H,4,8,13-14,16,18-21H2,1-3H3,(H,43,50)(H,44,47)(H,45,49)/b9-5-/t22-,24+,29-,30+,40-/m1/s1. The van der Waals surface area contributed by atoms with E-state index in [2.05, 4.69) is 15.4 Å². The Balaban J connectivity index is 1.16. The Kier molecular flexibility index (Phi) is 9.87. The van der Waals surface area contributed by atoms with Crippen LogP contribution in [0.25, 0.3) is 33.0 Å². The molecule has 0 radical (unpaired) electrons. The molecule has 8 rings (SSSR count). The topological polar surface area (TPSA) is 195 Å². The Morgan fingerprint density at radius 3 is 2.67 bits per heavy atom. The van der Waals surface area contributed by atoms with E-state index >= 15 is 0 Å². The molecule has 57 heavy (non-hydrogen) atoms. The number of sulfonamides is 1. The van der Waals surface area contributed by atoms with Gasteiger partial charge >= 0.3 is 6.09 Å². The summed E-state index contributed by atoms with van der Waals surface area (Å²) in [6.45, 7) is 4.85. The highest BCUT2D eigenvalue weighted by Gasteiger charge is 2.62. The number of hydrogen-bond acceptors (Lipinski definition) is 11. The largest absolute Gasteiger partial charge is 0.484 e. The number of benzene rings is 2. The van der Waals surface area contributed by atoms with E-state index in [1.807, 2.05) is 18.2 Å². The van der Waals surface area contributed by atoms with Crippen LogP contribution in [0, 0.1) is 11.7 Å². The van der Waals surface area contributed by atoms with Gasteiger partial charge in [-0.1, -0.05) is 24.3 Å². The first-order valence-corrected chi connectivity index (χ1v) is 20.7.